The van der Waals surface area contributed by atoms with Crippen LogP contribution in [0.15, 0.2) is 48.9 Å². The maximum absolute atomic E-state index is 13.6. The number of benzene rings is 1. The molecule has 13 nitrogen and oxygen atoms in total. The molecule has 2 unspecified atom stereocenters. The summed E-state index contributed by atoms with van der Waals surface area (Å²) in [5.74, 6) is -5.00. The van der Waals surface area contributed by atoms with E-state index in [1.165, 1.54) is 37.6 Å². The first-order valence-corrected chi connectivity index (χ1v) is 13.1. The Morgan fingerprint density at radius 3 is 2.37 bits per heavy atom. The van der Waals surface area contributed by atoms with Gasteiger partial charge in [-0.05, 0) is 17.9 Å². The van der Waals surface area contributed by atoms with Crippen LogP contribution in [-0.2, 0) is 34.9 Å². The summed E-state index contributed by atoms with van der Waals surface area (Å²) >= 11 is 0. The van der Waals surface area contributed by atoms with Crippen molar-refractivity contribution in [3.8, 4) is 0 Å². The Kier molecular flexibility index (Phi) is 10.5. The van der Waals surface area contributed by atoms with E-state index in [-0.39, 0.29) is 24.5 Å². The third-order valence-corrected chi connectivity index (χ3v) is 6.39. The van der Waals surface area contributed by atoms with Crippen LogP contribution in [0.2, 0.25) is 0 Å². The van der Waals surface area contributed by atoms with Crippen molar-refractivity contribution in [2.75, 3.05) is 14.1 Å². The molecule has 1 saturated heterocycles. The van der Waals surface area contributed by atoms with Gasteiger partial charge in [-0.3, -0.25) is 29.0 Å². The van der Waals surface area contributed by atoms with Crippen LogP contribution in [0.4, 0.5) is 0 Å². The number of carbonyl (C=O) groups is 5. The van der Waals surface area contributed by atoms with E-state index in [9.17, 15) is 29.1 Å². The van der Waals surface area contributed by atoms with E-state index in [4.69, 9.17) is 9.31 Å². The molecule has 3 N–H and O–H groups in total. The molecule has 3 atom stereocenters. The van der Waals surface area contributed by atoms with Gasteiger partial charge in [0.15, 0.2) is 5.60 Å². The highest BCUT2D eigenvalue weighted by atomic mass is 16.7. The molecule has 1 fully saturated rings. The highest BCUT2D eigenvalue weighted by molar-refractivity contribution is 6.51. The summed E-state index contributed by atoms with van der Waals surface area (Å²) in [7, 11) is 1.58. The standard InChI is InChI=1S/C27H34BN5O8/c1-17(2)12-21(28-40-26(39)27(41-28,15-23(35)36)14-22(34)33(3)4)32-24(37)19(13-18-8-6-5-7-9-18)31-25(38)20-16-29-10-11-30-20/h5-11,16-17,19,21H,12-15H2,1-4H3,(H,31,38)(H,32,37)(H,35,36)/t19?,21?,27-/m0/s1. The van der Waals surface area contributed by atoms with Crippen molar-refractivity contribution in [1.82, 2.24) is 25.5 Å². The summed E-state index contributed by atoms with van der Waals surface area (Å²) in [6.45, 7) is 3.76. The van der Waals surface area contributed by atoms with Gasteiger partial charge in [0.05, 0.1) is 25.0 Å². The van der Waals surface area contributed by atoms with Crippen molar-refractivity contribution in [2.45, 2.75) is 57.1 Å². The zero-order chi connectivity index (χ0) is 30.2. The number of carbonyl (C=O) groups excluding carboxylic acids is 4. The summed E-state index contributed by atoms with van der Waals surface area (Å²) in [5.41, 5.74) is -1.26. The highest BCUT2D eigenvalue weighted by Gasteiger charge is 2.58. The van der Waals surface area contributed by atoms with Gasteiger partial charge in [0.1, 0.15) is 11.7 Å². The van der Waals surface area contributed by atoms with Crippen molar-refractivity contribution >= 4 is 36.8 Å². The average Bonchev–Trinajstić information content (AvgIpc) is 3.23. The Morgan fingerprint density at radius 1 is 1.07 bits per heavy atom. The molecule has 2 aromatic rings. The zero-order valence-corrected chi connectivity index (χ0v) is 23.4. The topological polar surface area (TPSA) is 177 Å². The third-order valence-electron chi connectivity index (χ3n) is 6.39. The lowest BCUT2D eigenvalue weighted by molar-refractivity contribution is -0.155. The predicted octanol–water partition coefficient (Wildman–Crippen LogP) is 0.641. The Labute approximate surface area is 238 Å². The van der Waals surface area contributed by atoms with Crippen LogP contribution >= 0.6 is 0 Å². The maximum Gasteiger partial charge on any atom is 0.552 e. The molecule has 0 saturated carbocycles. The molecule has 1 aromatic heterocycles. The predicted molar refractivity (Wildman–Crippen MR) is 146 cm³/mol. The minimum absolute atomic E-state index is 0.0118. The molecule has 1 aromatic carbocycles. The number of hydrogen-bond acceptors (Lipinski definition) is 9. The smallest absolute Gasteiger partial charge is 0.506 e. The van der Waals surface area contributed by atoms with Crippen LogP contribution in [0.25, 0.3) is 0 Å². The summed E-state index contributed by atoms with van der Waals surface area (Å²) in [4.78, 5) is 72.7. The molecule has 0 radical (unpaired) electrons. The molecule has 1 aliphatic heterocycles. The number of hydrogen-bond donors (Lipinski definition) is 3. The molecule has 0 spiro atoms. The van der Waals surface area contributed by atoms with Crippen LogP contribution in [-0.4, -0.2) is 88.4 Å². The molecule has 3 rings (SSSR count). The SMILES string of the molecule is CC(C)CC(NC(=O)C(Cc1ccccc1)NC(=O)c1cnccn1)B1OC(=O)[C@@](CC(=O)O)(CC(=O)N(C)C)O1. The number of nitrogens with one attached hydrogen (secondary N) is 2. The summed E-state index contributed by atoms with van der Waals surface area (Å²) in [6, 6.07) is 8.00. The molecule has 41 heavy (non-hydrogen) atoms. The number of rotatable bonds is 13. The number of aromatic nitrogens is 2. The average molecular weight is 567 g/mol. The van der Waals surface area contributed by atoms with Crippen molar-refractivity contribution in [2.24, 2.45) is 5.92 Å². The van der Waals surface area contributed by atoms with Crippen LogP contribution in [0.3, 0.4) is 0 Å². The molecule has 14 heteroatoms. The minimum atomic E-state index is -2.05. The Balaban J connectivity index is 1.86. The lowest BCUT2D eigenvalue weighted by Gasteiger charge is -2.27. The van der Waals surface area contributed by atoms with Crippen LogP contribution in [0.1, 0.15) is 49.2 Å². The van der Waals surface area contributed by atoms with Gasteiger partial charge in [-0.1, -0.05) is 44.2 Å². The highest BCUT2D eigenvalue weighted by Crippen LogP contribution is 2.33. The fraction of sp³-hybridized carbons (Fsp3) is 0.444. The molecule has 2 heterocycles. The molecule has 1 aliphatic rings. The normalized spacial score (nSPS) is 17.9. The van der Waals surface area contributed by atoms with Gasteiger partial charge in [0, 0.05) is 32.9 Å². The lowest BCUT2D eigenvalue weighted by atomic mass is 9.73. The zero-order valence-electron chi connectivity index (χ0n) is 23.4. The van der Waals surface area contributed by atoms with Crippen LogP contribution < -0.4 is 10.6 Å². The van der Waals surface area contributed by atoms with Gasteiger partial charge in [-0.2, -0.15) is 0 Å². The van der Waals surface area contributed by atoms with E-state index >= 15 is 0 Å². The van der Waals surface area contributed by atoms with Crippen molar-refractivity contribution < 1.29 is 38.4 Å². The summed E-state index contributed by atoms with van der Waals surface area (Å²) in [6.07, 6.45) is 3.13. The van der Waals surface area contributed by atoms with E-state index in [0.29, 0.717) is 0 Å². The second-order valence-corrected chi connectivity index (χ2v) is 10.5. The first-order chi connectivity index (χ1) is 19.4. The van der Waals surface area contributed by atoms with E-state index in [1.54, 1.807) is 12.1 Å². The second-order valence-electron chi connectivity index (χ2n) is 10.5. The van der Waals surface area contributed by atoms with Crippen LogP contribution in [0.5, 0.6) is 0 Å². The van der Waals surface area contributed by atoms with Gasteiger partial charge < -0.3 is 29.9 Å². The molecular weight excluding hydrogens is 533 g/mol. The number of aliphatic carboxylic acids is 1. The fourth-order valence-corrected chi connectivity index (χ4v) is 4.35. The molecule has 0 bridgehead atoms. The van der Waals surface area contributed by atoms with Gasteiger partial charge in [-0.25, -0.2) is 4.98 Å². The Morgan fingerprint density at radius 2 is 1.78 bits per heavy atom. The minimum Gasteiger partial charge on any atom is -0.506 e. The first-order valence-electron chi connectivity index (χ1n) is 13.1. The molecule has 0 aliphatic carbocycles. The Hall–Kier alpha value is -4.33. The van der Waals surface area contributed by atoms with Gasteiger partial charge in [-0.15, -0.1) is 0 Å². The number of nitrogens with zero attached hydrogens (tertiary/aromatic N) is 3. The molecule has 218 valence electrons. The fourth-order valence-electron chi connectivity index (χ4n) is 4.35. The number of carboxylic acid groups (broad SMARTS) is 1. The Bertz CT molecular complexity index is 1250. The third kappa shape index (κ3) is 8.58. The van der Waals surface area contributed by atoms with E-state index in [2.05, 4.69) is 20.6 Å². The van der Waals surface area contributed by atoms with E-state index < -0.39 is 67.2 Å². The van der Waals surface area contributed by atoms with Gasteiger partial charge in [0.2, 0.25) is 11.8 Å². The summed E-state index contributed by atoms with van der Waals surface area (Å²) in [5, 5.41) is 15.0. The number of carboxylic acids is 1. The van der Waals surface area contributed by atoms with E-state index in [0.717, 1.165) is 5.56 Å². The van der Waals surface area contributed by atoms with Crippen molar-refractivity contribution in [3.05, 3.63) is 60.2 Å². The second kappa shape index (κ2) is 13.8. The van der Waals surface area contributed by atoms with Gasteiger partial charge in [0.25, 0.3) is 5.91 Å². The summed E-state index contributed by atoms with van der Waals surface area (Å²) < 4.78 is 11.3. The van der Waals surface area contributed by atoms with Crippen LogP contribution in [0, 0.1) is 5.92 Å². The van der Waals surface area contributed by atoms with Gasteiger partial charge >= 0.3 is 19.1 Å². The quantitative estimate of drug-likeness (QED) is 0.291. The molecular formula is C27H34BN5O8. The first kappa shape index (κ1) is 31.2. The van der Waals surface area contributed by atoms with Crippen molar-refractivity contribution in [3.63, 3.8) is 0 Å². The van der Waals surface area contributed by atoms with Crippen molar-refractivity contribution in [1.29, 1.82) is 0 Å². The monoisotopic (exact) mass is 567 g/mol. The lowest BCUT2D eigenvalue weighted by Crippen LogP contribution is -2.56. The molecule has 3 amide bonds. The maximum atomic E-state index is 13.6. The van der Waals surface area contributed by atoms with E-state index in [1.807, 2.05) is 32.0 Å². The largest absolute Gasteiger partial charge is 0.552 e. The number of amides is 3.